The van der Waals surface area contributed by atoms with E-state index in [-0.39, 0.29) is 17.6 Å². The summed E-state index contributed by atoms with van der Waals surface area (Å²) in [5.74, 6) is 0.465. The first-order valence-electron chi connectivity index (χ1n) is 6.29. The molecule has 1 amide bonds. The lowest BCUT2D eigenvalue weighted by Crippen LogP contribution is -2.47. The van der Waals surface area contributed by atoms with E-state index in [1.54, 1.807) is 21.9 Å². The van der Waals surface area contributed by atoms with E-state index in [0.717, 1.165) is 12.8 Å². The molecule has 2 rings (SSSR count). The average molecular weight is 251 g/mol. The number of imidazole rings is 1. The van der Waals surface area contributed by atoms with Crippen LogP contribution >= 0.6 is 0 Å². The van der Waals surface area contributed by atoms with Crippen LogP contribution in [0.3, 0.4) is 0 Å². The quantitative estimate of drug-likeness (QED) is 0.799. The van der Waals surface area contributed by atoms with Gasteiger partial charge in [0, 0.05) is 39.1 Å². The molecule has 2 heterocycles. The van der Waals surface area contributed by atoms with Gasteiger partial charge in [-0.15, -0.1) is 0 Å². The molecule has 5 heteroatoms. The monoisotopic (exact) mass is 251 g/mol. The average Bonchev–Trinajstić information content (AvgIpc) is 2.72. The Morgan fingerprint density at radius 2 is 2.33 bits per heavy atom. The van der Waals surface area contributed by atoms with Gasteiger partial charge in [-0.05, 0) is 26.7 Å². The molecular formula is C13H21N3O2. The highest BCUT2D eigenvalue weighted by molar-refractivity contribution is 5.90. The minimum atomic E-state index is -0.154. The second kappa shape index (κ2) is 4.72. The number of nitrogens with zero attached hydrogens (tertiary/aromatic N) is 3. The highest BCUT2D eigenvalue weighted by Gasteiger charge is 2.33. The van der Waals surface area contributed by atoms with E-state index < -0.39 is 0 Å². The first kappa shape index (κ1) is 13.1. The van der Waals surface area contributed by atoms with Gasteiger partial charge in [0.15, 0.2) is 5.82 Å². The van der Waals surface area contributed by atoms with Gasteiger partial charge >= 0.3 is 0 Å². The van der Waals surface area contributed by atoms with Crippen molar-refractivity contribution < 1.29 is 9.53 Å². The Morgan fingerprint density at radius 1 is 1.61 bits per heavy atom. The molecule has 18 heavy (non-hydrogen) atoms. The molecule has 1 aliphatic rings. The predicted molar refractivity (Wildman–Crippen MR) is 68.4 cm³/mol. The fourth-order valence-corrected chi connectivity index (χ4v) is 2.43. The number of amides is 1. The molecule has 0 aliphatic carbocycles. The maximum atomic E-state index is 12.3. The number of ether oxygens (including phenoxy) is 1. The van der Waals surface area contributed by atoms with Gasteiger partial charge in [-0.3, -0.25) is 4.79 Å². The molecule has 1 aliphatic heterocycles. The maximum absolute atomic E-state index is 12.3. The van der Waals surface area contributed by atoms with E-state index in [4.69, 9.17) is 4.74 Å². The number of carbonyl (C=O) groups is 1. The zero-order valence-electron chi connectivity index (χ0n) is 11.5. The summed E-state index contributed by atoms with van der Waals surface area (Å²) in [5.41, 5.74) is -0.154. The van der Waals surface area contributed by atoms with Crippen molar-refractivity contribution in [2.24, 2.45) is 7.05 Å². The Kier molecular flexibility index (Phi) is 3.43. The summed E-state index contributed by atoms with van der Waals surface area (Å²) < 4.78 is 7.43. The molecule has 1 unspecified atom stereocenters. The van der Waals surface area contributed by atoms with Crippen molar-refractivity contribution in [1.82, 2.24) is 14.5 Å². The first-order valence-corrected chi connectivity index (χ1v) is 6.29. The lowest BCUT2D eigenvalue weighted by atomic mass is 9.93. The van der Waals surface area contributed by atoms with Crippen molar-refractivity contribution in [1.29, 1.82) is 0 Å². The molecule has 0 radical (unpaired) electrons. The Labute approximate surface area is 108 Å². The topological polar surface area (TPSA) is 47.4 Å². The van der Waals surface area contributed by atoms with Gasteiger partial charge in [-0.1, -0.05) is 0 Å². The van der Waals surface area contributed by atoms with Crippen molar-refractivity contribution in [2.45, 2.75) is 38.3 Å². The highest BCUT2D eigenvalue weighted by atomic mass is 16.5. The van der Waals surface area contributed by atoms with E-state index in [1.807, 2.05) is 14.1 Å². The van der Waals surface area contributed by atoms with Gasteiger partial charge in [0.1, 0.15) is 0 Å². The first-order chi connectivity index (χ1) is 8.41. The van der Waals surface area contributed by atoms with E-state index in [9.17, 15) is 4.79 Å². The molecule has 1 aromatic rings. The lowest BCUT2D eigenvalue weighted by Gasteiger charge is -2.39. The Balaban J connectivity index is 2.09. The standard InChI is InChI=1S/C13H21N3O2/c1-13(2)9-10(5-8-18-13)16(4)12(17)11-14-6-7-15(11)3/h6-7,10H,5,8-9H2,1-4H3. The number of carbonyl (C=O) groups excluding carboxylic acids is 1. The Hall–Kier alpha value is -1.36. The normalized spacial score (nSPS) is 22.8. The fourth-order valence-electron chi connectivity index (χ4n) is 2.43. The minimum Gasteiger partial charge on any atom is -0.375 e. The second-order valence-electron chi connectivity index (χ2n) is 5.53. The smallest absolute Gasteiger partial charge is 0.289 e. The van der Waals surface area contributed by atoms with Gasteiger partial charge < -0.3 is 14.2 Å². The SMILES string of the molecule is CN(C(=O)c1nccn1C)C1CCOC(C)(C)C1. The zero-order chi connectivity index (χ0) is 13.3. The summed E-state index contributed by atoms with van der Waals surface area (Å²) in [7, 11) is 3.69. The third-order valence-corrected chi connectivity index (χ3v) is 3.55. The Morgan fingerprint density at radius 3 is 2.89 bits per heavy atom. The summed E-state index contributed by atoms with van der Waals surface area (Å²) in [6.07, 6.45) is 5.18. The number of hydrogen-bond donors (Lipinski definition) is 0. The van der Waals surface area contributed by atoms with Gasteiger partial charge in [0.2, 0.25) is 0 Å². The lowest BCUT2D eigenvalue weighted by molar-refractivity contribution is -0.0757. The molecule has 1 saturated heterocycles. The number of rotatable bonds is 2. The molecule has 0 bridgehead atoms. The molecule has 1 aromatic heterocycles. The molecule has 1 atom stereocenters. The summed E-state index contributed by atoms with van der Waals surface area (Å²) >= 11 is 0. The van der Waals surface area contributed by atoms with Crippen LogP contribution in [0.25, 0.3) is 0 Å². The van der Waals surface area contributed by atoms with Gasteiger partial charge in [-0.2, -0.15) is 0 Å². The number of aryl methyl sites for hydroxylation is 1. The third-order valence-electron chi connectivity index (χ3n) is 3.55. The van der Waals surface area contributed by atoms with Crippen molar-refractivity contribution >= 4 is 5.91 Å². The molecule has 5 nitrogen and oxygen atoms in total. The summed E-state index contributed by atoms with van der Waals surface area (Å²) in [5, 5.41) is 0. The molecule has 1 fully saturated rings. The van der Waals surface area contributed by atoms with Crippen LogP contribution in [0.4, 0.5) is 0 Å². The molecule has 0 aromatic carbocycles. The fraction of sp³-hybridized carbons (Fsp3) is 0.692. The van der Waals surface area contributed by atoms with Crippen LogP contribution in [0, 0.1) is 0 Å². The van der Waals surface area contributed by atoms with Crippen LogP contribution in [0.1, 0.15) is 37.3 Å². The van der Waals surface area contributed by atoms with Crippen LogP contribution in [0.5, 0.6) is 0 Å². The second-order valence-corrected chi connectivity index (χ2v) is 5.53. The predicted octanol–water partition coefficient (Wildman–Crippen LogP) is 1.45. The zero-order valence-corrected chi connectivity index (χ0v) is 11.5. The van der Waals surface area contributed by atoms with E-state index >= 15 is 0 Å². The van der Waals surface area contributed by atoms with Crippen molar-refractivity contribution in [3.8, 4) is 0 Å². The highest BCUT2D eigenvalue weighted by Crippen LogP contribution is 2.27. The van der Waals surface area contributed by atoms with Crippen LogP contribution in [-0.4, -0.2) is 45.7 Å². The van der Waals surface area contributed by atoms with Gasteiger partial charge in [-0.25, -0.2) is 4.98 Å². The molecule has 100 valence electrons. The molecule has 0 saturated carbocycles. The van der Waals surface area contributed by atoms with E-state index in [1.165, 1.54) is 0 Å². The van der Waals surface area contributed by atoms with Crippen molar-refractivity contribution in [2.75, 3.05) is 13.7 Å². The third kappa shape index (κ3) is 2.56. The van der Waals surface area contributed by atoms with Crippen LogP contribution < -0.4 is 0 Å². The van der Waals surface area contributed by atoms with E-state index in [0.29, 0.717) is 12.4 Å². The van der Waals surface area contributed by atoms with Crippen LogP contribution in [0.2, 0.25) is 0 Å². The summed E-state index contributed by atoms with van der Waals surface area (Å²) in [6.45, 7) is 4.84. The largest absolute Gasteiger partial charge is 0.375 e. The van der Waals surface area contributed by atoms with Gasteiger partial charge in [0.05, 0.1) is 5.60 Å². The van der Waals surface area contributed by atoms with Crippen LogP contribution in [0.15, 0.2) is 12.4 Å². The van der Waals surface area contributed by atoms with Crippen molar-refractivity contribution in [3.63, 3.8) is 0 Å². The maximum Gasteiger partial charge on any atom is 0.289 e. The summed E-state index contributed by atoms with van der Waals surface area (Å²) in [4.78, 5) is 18.2. The summed E-state index contributed by atoms with van der Waals surface area (Å²) in [6, 6.07) is 0.220. The van der Waals surface area contributed by atoms with E-state index in [2.05, 4.69) is 18.8 Å². The molecular weight excluding hydrogens is 230 g/mol. The van der Waals surface area contributed by atoms with Gasteiger partial charge in [0.25, 0.3) is 5.91 Å². The number of hydrogen-bond acceptors (Lipinski definition) is 3. The van der Waals surface area contributed by atoms with Crippen LogP contribution in [-0.2, 0) is 11.8 Å². The number of aromatic nitrogens is 2. The Bertz CT molecular complexity index is 439. The molecule has 0 N–H and O–H groups in total. The van der Waals surface area contributed by atoms with Crippen molar-refractivity contribution in [3.05, 3.63) is 18.2 Å². The molecule has 0 spiro atoms. The minimum absolute atomic E-state index is 0.0230.